The van der Waals surface area contributed by atoms with Crippen LogP contribution < -0.4 is 5.73 Å². The van der Waals surface area contributed by atoms with Crippen molar-refractivity contribution in [2.75, 3.05) is 0 Å². The summed E-state index contributed by atoms with van der Waals surface area (Å²) in [7, 11) is 1.86. The summed E-state index contributed by atoms with van der Waals surface area (Å²) in [6, 6.07) is 6.74. The molecule has 1 heterocycles. The average Bonchev–Trinajstić information content (AvgIpc) is 2.73. The fourth-order valence-electron chi connectivity index (χ4n) is 1.98. The minimum atomic E-state index is -0.349. The zero-order valence-electron chi connectivity index (χ0n) is 10.9. The molecule has 1 aromatic heterocycles. The van der Waals surface area contributed by atoms with Gasteiger partial charge in [0.05, 0.1) is 17.4 Å². The molecule has 0 spiro atoms. The van der Waals surface area contributed by atoms with Crippen LogP contribution in [0.15, 0.2) is 24.3 Å². The molecule has 2 N–H and O–H groups in total. The number of aryl methyl sites for hydroxylation is 3. The highest BCUT2D eigenvalue weighted by Crippen LogP contribution is 2.22. The van der Waals surface area contributed by atoms with Gasteiger partial charge in [-0.3, -0.25) is 4.68 Å². The standard InChI is InChI=1S/C14H18FN3/c1-4-11-8-13(18(3)17-11)14(16)10-6-5-9(2)12(15)7-10/h5-8,14H,4,16H2,1-3H3. The van der Waals surface area contributed by atoms with Gasteiger partial charge in [0.2, 0.25) is 0 Å². The lowest BCUT2D eigenvalue weighted by atomic mass is 10.0. The molecule has 1 unspecified atom stereocenters. The second-order valence-corrected chi connectivity index (χ2v) is 4.52. The Balaban J connectivity index is 2.37. The number of nitrogens with two attached hydrogens (primary N) is 1. The summed E-state index contributed by atoms with van der Waals surface area (Å²) in [6.07, 6.45) is 0.864. The van der Waals surface area contributed by atoms with Crippen molar-refractivity contribution >= 4 is 0 Å². The molecule has 1 aromatic carbocycles. The molecule has 0 saturated heterocycles. The van der Waals surface area contributed by atoms with E-state index in [0.29, 0.717) is 5.56 Å². The number of hydrogen-bond donors (Lipinski definition) is 1. The molecular formula is C14H18FN3. The first-order valence-corrected chi connectivity index (χ1v) is 6.07. The molecule has 4 heteroatoms. The number of hydrogen-bond acceptors (Lipinski definition) is 2. The summed E-state index contributed by atoms with van der Waals surface area (Å²) in [5, 5.41) is 4.36. The lowest BCUT2D eigenvalue weighted by molar-refractivity contribution is 0.610. The summed E-state index contributed by atoms with van der Waals surface area (Å²) in [4.78, 5) is 0. The second kappa shape index (κ2) is 4.90. The maximum atomic E-state index is 13.5. The highest BCUT2D eigenvalue weighted by atomic mass is 19.1. The minimum absolute atomic E-state index is 0.221. The molecule has 0 radical (unpaired) electrons. The van der Waals surface area contributed by atoms with Gasteiger partial charge in [-0.05, 0) is 36.6 Å². The largest absolute Gasteiger partial charge is 0.319 e. The maximum absolute atomic E-state index is 13.5. The molecule has 0 aliphatic heterocycles. The molecule has 1 atom stereocenters. The van der Waals surface area contributed by atoms with Gasteiger partial charge in [-0.15, -0.1) is 0 Å². The van der Waals surface area contributed by atoms with Crippen molar-refractivity contribution in [3.8, 4) is 0 Å². The zero-order chi connectivity index (χ0) is 13.3. The highest BCUT2D eigenvalue weighted by Gasteiger charge is 2.15. The summed E-state index contributed by atoms with van der Waals surface area (Å²) in [5.41, 5.74) is 9.47. The topological polar surface area (TPSA) is 43.8 Å². The van der Waals surface area contributed by atoms with E-state index in [2.05, 4.69) is 5.10 Å². The van der Waals surface area contributed by atoms with Crippen molar-refractivity contribution in [3.05, 3.63) is 52.6 Å². The molecule has 0 fully saturated rings. The van der Waals surface area contributed by atoms with E-state index >= 15 is 0 Å². The molecule has 0 saturated carbocycles. The molecule has 0 bridgehead atoms. The molecule has 0 aliphatic rings. The van der Waals surface area contributed by atoms with E-state index in [9.17, 15) is 4.39 Å². The van der Waals surface area contributed by atoms with Crippen molar-refractivity contribution in [1.82, 2.24) is 9.78 Å². The van der Waals surface area contributed by atoms with Gasteiger partial charge in [0.15, 0.2) is 0 Å². The monoisotopic (exact) mass is 247 g/mol. The van der Waals surface area contributed by atoms with Crippen LogP contribution in [0.5, 0.6) is 0 Å². The van der Waals surface area contributed by atoms with Crippen LogP contribution in [-0.2, 0) is 13.5 Å². The first kappa shape index (κ1) is 12.8. The third-order valence-electron chi connectivity index (χ3n) is 3.20. The molecule has 0 amide bonds. The smallest absolute Gasteiger partial charge is 0.126 e. The van der Waals surface area contributed by atoms with Crippen molar-refractivity contribution in [2.24, 2.45) is 12.8 Å². The Kier molecular flexibility index (Phi) is 3.48. The molecule has 2 aromatic rings. The Hall–Kier alpha value is -1.68. The van der Waals surface area contributed by atoms with Crippen LogP contribution in [0, 0.1) is 12.7 Å². The van der Waals surface area contributed by atoms with Gasteiger partial charge in [0.25, 0.3) is 0 Å². The lowest BCUT2D eigenvalue weighted by Crippen LogP contribution is -2.16. The summed E-state index contributed by atoms with van der Waals surface area (Å²) in [5.74, 6) is -0.221. The van der Waals surface area contributed by atoms with Gasteiger partial charge < -0.3 is 5.73 Å². The molecule has 18 heavy (non-hydrogen) atoms. The quantitative estimate of drug-likeness (QED) is 0.905. The maximum Gasteiger partial charge on any atom is 0.126 e. The third-order valence-corrected chi connectivity index (χ3v) is 3.20. The number of aromatic nitrogens is 2. The van der Waals surface area contributed by atoms with Crippen LogP contribution in [0.3, 0.4) is 0 Å². The fourth-order valence-corrected chi connectivity index (χ4v) is 1.98. The van der Waals surface area contributed by atoms with Gasteiger partial charge in [0.1, 0.15) is 5.82 Å². The first-order valence-electron chi connectivity index (χ1n) is 6.07. The van der Waals surface area contributed by atoms with E-state index in [1.807, 2.05) is 26.1 Å². The lowest BCUT2D eigenvalue weighted by Gasteiger charge is -2.13. The summed E-state index contributed by atoms with van der Waals surface area (Å²) < 4.78 is 15.3. The van der Waals surface area contributed by atoms with Crippen LogP contribution in [-0.4, -0.2) is 9.78 Å². The van der Waals surface area contributed by atoms with Crippen LogP contribution in [0.25, 0.3) is 0 Å². The van der Waals surface area contributed by atoms with Gasteiger partial charge in [-0.25, -0.2) is 4.39 Å². The second-order valence-electron chi connectivity index (χ2n) is 4.52. The van der Waals surface area contributed by atoms with Crippen molar-refractivity contribution in [1.29, 1.82) is 0 Å². The van der Waals surface area contributed by atoms with Crippen LogP contribution in [0.2, 0.25) is 0 Å². The molecule has 96 valence electrons. The minimum Gasteiger partial charge on any atom is -0.319 e. The van der Waals surface area contributed by atoms with E-state index in [-0.39, 0.29) is 11.9 Å². The predicted octanol–water partition coefficient (Wildman–Crippen LogP) is 2.48. The van der Waals surface area contributed by atoms with Gasteiger partial charge in [0, 0.05) is 7.05 Å². The Morgan fingerprint density at radius 2 is 2.11 bits per heavy atom. The Morgan fingerprint density at radius 1 is 1.39 bits per heavy atom. The molecule has 0 aliphatic carbocycles. The Morgan fingerprint density at radius 3 is 2.67 bits per heavy atom. The summed E-state index contributed by atoms with van der Waals surface area (Å²) in [6.45, 7) is 3.78. The average molecular weight is 247 g/mol. The van der Waals surface area contributed by atoms with E-state index in [1.54, 1.807) is 17.7 Å². The first-order chi connectivity index (χ1) is 8.52. The molecule has 2 rings (SSSR count). The summed E-state index contributed by atoms with van der Waals surface area (Å²) >= 11 is 0. The van der Waals surface area contributed by atoms with Gasteiger partial charge in [-0.1, -0.05) is 19.1 Å². The van der Waals surface area contributed by atoms with E-state index in [1.165, 1.54) is 6.07 Å². The Labute approximate surface area is 106 Å². The molecular weight excluding hydrogens is 229 g/mol. The van der Waals surface area contributed by atoms with Crippen molar-refractivity contribution < 1.29 is 4.39 Å². The van der Waals surface area contributed by atoms with Crippen LogP contribution in [0.1, 0.15) is 35.5 Å². The fraction of sp³-hybridized carbons (Fsp3) is 0.357. The molecule has 3 nitrogen and oxygen atoms in total. The van der Waals surface area contributed by atoms with E-state index < -0.39 is 0 Å². The number of rotatable bonds is 3. The van der Waals surface area contributed by atoms with Crippen molar-refractivity contribution in [2.45, 2.75) is 26.3 Å². The van der Waals surface area contributed by atoms with Gasteiger partial charge >= 0.3 is 0 Å². The predicted molar refractivity (Wildman–Crippen MR) is 69.8 cm³/mol. The normalized spacial score (nSPS) is 12.7. The van der Waals surface area contributed by atoms with Crippen LogP contribution in [0.4, 0.5) is 4.39 Å². The highest BCUT2D eigenvalue weighted by molar-refractivity contribution is 5.31. The number of benzene rings is 1. The van der Waals surface area contributed by atoms with E-state index in [0.717, 1.165) is 23.4 Å². The SMILES string of the molecule is CCc1cc(C(N)c2ccc(C)c(F)c2)n(C)n1. The van der Waals surface area contributed by atoms with Crippen LogP contribution >= 0.6 is 0 Å². The number of halogens is 1. The van der Waals surface area contributed by atoms with E-state index in [4.69, 9.17) is 5.73 Å². The Bertz CT molecular complexity index is 560. The number of nitrogens with zero attached hydrogens (tertiary/aromatic N) is 2. The van der Waals surface area contributed by atoms with Gasteiger partial charge in [-0.2, -0.15) is 5.10 Å². The van der Waals surface area contributed by atoms with Crippen molar-refractivity contribution in [3.63, 3.8) is 0 Å². The third kappa shape index (κ3) is 2.29. The zero-order valence-corrected chi connectivity index (χ0v) is 10.9.